The van der Waals surface area contributed by atoms with Gasteiger partial charge in [-0.15, -0.1) is 11.3 Å². The minimum atomic E-state index is -0.582. The summed E-state index contributed by atoms with van der Waals surface area (Å²) < 4.78 is 11.8. The van der Waals surface area contributed by atoms with Crippen molar-refractivity contribution in [3.05, 3.63) is 62.7 Å². The first-order valence-corrected chi connectivity index (χ1v) is 11.7. The molecule has 10 nitrogen and oxygen atoms in total. The molecule has 0 bridgehead atoms. The summed E-state index contributed by atoms with van der Waals surface area (Å²) in [5.41, 5.74) is -0.0864. The van der Waals surface area contributed by atoms with Crippen LogP contribution in [-0.4, -0.2) is 53.5 Å². The normalized spacial score (nSPS) is 19.9. The number of nitrogens with one attached hydrogen (secondary N) is 2. The number of thiophene rings is 1. The molecule has 33 heavy (non-hydrogen) atoms. The number of aromatic nitrogens is 1. The molecule has 3 atom stereocenters. The topological polar surface area (TPSA) is 136 Å². The highest BCUT2D eigenvalue weighted by molar-refractivity contribution is 7.10. The van der Waals surface area contributed by atoms with Crippen LogP contribution in [0, 0.1) is 16.0 Å². The fraction of sp³-hybridized carbons (Fsp3) is 0.455. The summed E-state index contributed by atoms with van der Waals surface area (Å²) in [6.07, 6.45) is 3.76. The molecule has 3 rings (SSSR count). The number of nitrogens with zero attached hydrogens (tertiary/aromatic N) is 2. The zero-order valence-corrected chi connectivity index (χ0v) is 19.1. The van der Waals surface area contributed by atoms with Crippen molar-refractivity contribution in [2.45, 2.75) is 32.0 Å². The van der Waals surface area contributed by atoms with Gasteiger partial charge in [-0.05, 0) is 43.4 Å². The lowest BCUT2D eigenvalue weighted by atomic mass is 9.84. The van der Waals surface area contributed by atoms with Crippen LogP contribution in [0.5, 0.6) is 0 Å². The van der Waals surface area contributed by atoms with Crippen LogP contribution >= 0.6 is 11.3 Å². The molecule has 1 amide bonds. The van der Waals surface area contributed by atoms with E-state index in [2.05, 4.69) is 15.6 Å². The number of anilines is 1. The number of pyridine rings is 1. The molecule has 0 unspecified atom stereocenters. The summed E-state index contributed by atoms with van der Waals surface area (Å²) >= 11 is 1.61. The average Bonchev–Trinajstić information content (AvgIpc) is 3.36. The van der Waals surface area contributed by atoms with E-state index in [4.69, 9.17) is 9.47 Å². The maximum absolute atomic E-state index is 12.8. The lowest BCUT2D eigenvalue weighted by Crippen LogP contribution is -2.39. The Balaban J connectivity index is 1.62. The van der Waals surface area contributed by atoms with Crippen LogP contribution < -0.4 is 10.6 Å². The van der Waals surface area contributed by atoms with Crippen molar-refractivity contribution in [3.8, 4) is 0 Å². The first-order chi connectivity index (χ1) is 16.0. The van der Waals surface area contributed by atoms with E-state index in [1.54, 1.807) is 11.3 Å². The summed E-state index contributed by atoms with van der Waals surface area (Å²) in [6.45, 7) is 3.09. The fourth-order valence-corrected chi connectivity index (χ4v) is 4.50. The van der Waals surface area contributed by atoms with E-state index in [9.17, 15) is 20.0 Å². The Morgan fingerprint density at radius 1 is 1.36 bits per heavy atom. The van der Waals surface area contributed by atoms with E-state index in [0.29, 0.717) is 38.4 Å². The lowest BCUT2D eigenvalue weighted by Gasteiger charge is -2.36. The highest BCUT2D eigenvalue weighted by Gasteiger charge is 2.38. The van der Waals surface area contributed by atoms with E-state index < -0.39 is 11.2 Å². The third kappa shape index (κ3) is 6.73. The first kappa shape index (κ1) is 24.6. The van der Waals surface area contributed by atoms with Crippen molar-refractivity contribution in [3.63, 3.8) is 0 Å². The average molecular weight is 477 g/mol. The molecule has 0 spiro atoms. The van der Waals surface area contributed by atoms with E-state index in [0.717, 1.165) is 4.88 Å². The molecule has 1 aliphatic rings. The number of amides is 1. The Morgan fingerprint density at radius 2 is 2.21 bits per heavy atom. The maximum Gasteiger partial charge on any atom is 0.287 e. The highest BCUT2D eigenvalue weighted by atomic mass is 32.1. The molecule has 0 saturated carbocycles. The van der Waals surface area contributed by atoms with Crippen LogP contribution in [0.2, 0.25) is 0 Å². The Kier molecular flexibility index (Phi) is 9.16. The second-order valence-corrected chi connectivity index (χ2v) is 8.36. The Labute approximate surface area is 195 Å². The summed E-state index contributed by atoms with van der Waals surface area (Å²) in [7, 11) is 0. The number of carbonyl (C=O) groups is 1. The highest BCUT2D eigenvalue weighted by Crippen LogP contribution is 2.40. The molecule has 178 valence electrons. The second-order valence-electron chi connectivity index (χ2n) is 7.38. The van der Waals surface area contributed by atoms with Crippen molar-refractivity contribution < 1.29 is 24.3 Å². The van der Waals surface area contributed by atoms with Crippen LogP contribution in [0.15, 0.2) is 47.7 Å². The molecule has 2 aromatic rings. The molecular weight excluding hydrogens is 448 g/mol. The third-order valence-corrected chi connectivity index (χ3v) is 6.16. The quantitative estimate of drug-likeness (QED) is 0.242. The molecule has 0 saturated heterocycles. The van der Waals surface area contributed by atoms with Crippen molar-refractivity contribution >= 4 is 28.7 Å². The second kappa shape index (κ2) is 12.3. The number of nitro groups is 1. The maximum atomic E-state index is 12.8. The molecule has 3 N–H and O–H groups in total. The number of hydrogen-bond donors (Lipinski definition) is 3. The van der Waals surface area contributed by atoms with Crippen LogP contribution in [-0.2, 0) is 14.3 Å². The Hall–Kier alpha value is -3.02. The van der Waals surface area contributed by atoms with Crippen LogP contribution in [0.4, 0.5) is 11.5 Å². The van der Waals surface area contributed by atoms with E-state index >= 15 is 0 Å². The van der Waals surface area contributed by atoms with Gasteiger partial charge < -0.3 is 25.2 Å². The molecular formula is C22H28N4O6S. The molecule has 0 fully saturated rings. The van der Waals surface area contributed by atoms with Gasteiger partial charge in [0.15, 0.2) is 5.76 Å². The number of carbonyl (C=O) groups excluding carboxylic acids is 1. The predicted octanol–water partition coefficient (Wildman–Crippen LogP) is 3.03. The van der Waals surface area contributed by atoms with Gasteiger partial charge in [-0.1, -0.05) is 6.07 Å². The summed E-state index contributed by atoms with van der Waals surface area (Å²) in [6, 6.07) is 6.88. The van der Waals surface area contributed by atoms with Gasteiger partial charge in [-0.2, -0.15) is 0 Å². The van der Waals surface area contributed by atoms with Gasteiger partial charge in [0.2, 0.25) is 6.29 Å². The van der Waals surface area contributed by atoms with Gasteiger partial charge in [0.05, 0.1) is 4.92 Å². The van der Waals surface area contributed by atoms with Gasteiger partial charge in [0.25, 0.3) is 11.6 Å². The Morgan fingerprint density at radius 3 is 2.85 bits per heavy atom. The first-order valence-electron chi connectivity index (χ1n) is 10.8. The number of aliphatic hydroxyl groups excluding tert-OH is 1. The van der Waals surface area contributed by atoms with Gasteiger partial charge in [0.1, 0.15) is 12.0 Å². The SMILES string of the molecule is CCO[C@H]1OC(C(=O)NCCNc2ccc([N+](=O)[O-])cn2)=C[C@@H](c2cccs2)[C@@H]1CCCO. The van der Waals surface area contributed by atoms with E-state index in [1.807, 2.05) is 30.5 Å². The molecule has 0 aliphatic carbocycles. The predicted molar refractivity (Wildman–Crippen MR) is 124 cm³/mol. The van der Waals surface area contributed by atoms with Gasteiger partial charge in [-0.25, -0.2) is 4.98 Å². The Bertz CT molecular complexity index is 935. The summed E-state index contributed by atoms with van der Waals surface area (Å²) in [5, 5.41) is 27.8. The van der Waals surface area contributed by atoms with Crippen molar-refractivity contribution in [1.29, 1.82) is 0 Å². The number of hydrogen-bond acceptors (Lipinski definition) is 9. The van der Waals surface area contributed by atoms with Crippen LogP contribution in [0.25, 0.3) is 0 Å². The molecule has 3 heterocycles. The minimum Gasteiger partial charge on any atom is -0.459 e. The van der Waals surface area contributed by atoms with E-state index in [1.165, 1.54) is 18.3 Å². The number of ether oxygens (including phenoxy) is 2. The number of rotatable bonds is 12. The molecule has 0 radical (unpaired) electrons. The lowest BCUT2D eigenvalue weighted by molar-refractivity contribution is -0.385. The zero-order valence-electron chi connectivity index (χ0n) is 18.3. The molecule has 2 aromatic heterocycles. The van der Waals surface area contributed by atoms with Gasteiger partial charge in [-0.3, -0.25) is 14.9 Å². The molecule has 1 aliphatic heterocycles. The number of allylic oxidation sites excluding steroid dienone is 1. The minimum absolute atomic E-state index is 0.0119. The van der Waals surface area contributed by atoms with E-state index in [-0.39, 0.29) is 35.8 Å². The molecule has 11 heteroatoms. The standard InChI is InChI=1S/C22H28N4O6S/c1-2-31-22-16(5-3-11-27)17(19-6-4-12-33-19)13-18(32-22)21(28)24-10-9-23-20-8-7-15(14-25-20)26(29)30/h4,6-8,12-14,16-17,22,27H,2-3,5,9-11H2,1H3,(H,23,25)(H,24,28)/t16-,17+,22-/m0/s1. The van der Waals surface area contributed by atoms with Gasteiger partial charge in [0, 0.05) is 49.1 Å². The van der Waals surface area contributed by atoms with Gasteiger partial charge >= 0.3 is 0 Å². The van der Waals surface area contributed by atoms with Crippen LogP contribution in [0.1, 0.15) is 30.6 Å². The summed E-state index contributed by atoms with van der Waals surface area (Å²) in [5.74, 6) is 0.275. The van der Waals surface area contributed by atoms with Crippen LogP contribution in [0.3, 0.4) is 0 Å². The monoisotopic (exact) mass is 476 g/mol. The fourth-order valence-electron chi connectivity index (χ4n) is 3.63. The van der Waals surface area contributed by atoms with Crippen molar-refractivity contribution in [2.75, 3.05) is 31.6 Å². The largest absolute Gasteiger partial charge is 0.459 e. The number of aliphatic hydroxyl groups is 1. The zero-order chi connectivity index (χ0) is 23.6. The summed E-state index contributed by atoms with van der Waals surface area (Å²) in [4.78, 5) is 28.1. The third-order valence-electron chi connectivity index (χ3n) is 5.18. The molecule has 0 aromatic carbocycles. The van der Waals surface area contributed by atoms with Crippen molar-refractivity contribution in [1.82, 2.24) is 10.3 Å². The van der Waals surface area contributed by atoms with Crippen molar-refractivity contribution in [2.24, 2.45) is 5.92 Å². The smallest absolute Gasteiger partial charge is 0.287 e.